The molecule has 0 spiro atoms. The fraction of sp³-hybridized carbons (Fsp3) is 0.381. The summed E-state index contributed by atoms with van der Waals surface area (Å²) in [6.45, 7) is 1.86. The van der Waals surface area contributed by atoms with Gasteiger partial charge in [-0.1, -0.05) is 12.1 Å². The van der Waals surface area contributed by atoms with Crippen molar-refractivity contribution < 1.29 is 5.11 Å². The SMILES string of the molecule is N#Cc1ccc(N2C[C@H]3C[C@@H](n4cnc5ccccc54)[C@H](O)C[C@H]3C2)nc1. The molecule has 2 aromatic heterocycles. The Hall–Kier alpha value is -2.91. The van der Waals surface area contributed by atoms with E-state index < -0.39 is 0 Å². The lowest BCUT2D eigenvalue weighted by Gasteiger charge is -2.36. The zero-order valence-electron chi connectivity index (χ0n) is 14.9. The molecular formula is C21H21N5O. The zero-order chi connectivity index (χ0) is 18.4. The summed E-state index contributed by atoms with van der Waals surface area (Å²) < 4.78 is 2.15. The molecular weight excluding hydrogens is 338 g/mol. The highest BCUT2D eigenvalue weighted by Gasteiger charge is 2.42. The molecule has 136 valence electrons. The van der Waals surface area contributed by atoms with Gasteiger partial charge in [0.05, 0.1) is 35.1 Å². The van der Waals surface area contributed by atoms with Gasteiger partial charge < -0.3 is 14.6 Å². The van der Waals surface area contributed by atoms with Crippen molar-refractivity contribution in [2.45, 2.75) is 25.0 Å². The van der Waals surface area contributed by atoms with Crippen molar-refractivity contribution in [3.05, 3.63) is 54.5 Å². The molecule has 0 unspecified atom stereocenters. The third-order valence-corrected chi connectivity index (χ3v) is 6.15. The van der Waals surface area contributed by atoms with Crippen LogP contribution in [0.4, 0.5) is 5.82 Å². The van der Waals surface area contributed by atoms with Crippen LogP contribution in [0.15, 0.2) is 48.9 Å². The quantitative estimate of drug-likeness (QED) is 0.761. The molecule has 3 aromatic rings. The fourth-order valence-electron chi connectivity index (χ4n) is 4.78. The predicted octanol–water partition coefficient (Wildman–Crippen LogP) is 2.75. The first-order valence-electron chi connectivity index (χ1n) is 9.43. The number of imidazole rings is 1. The van der Waals surface area contributed by atoms with E-state index in [4.69, 9.17) is 5.26 Å². The van der Waals surface area contributed by atoms with Crippen molar-refractivity contribution >= 4 is 16.9 Å². The summed E-state index contributed by atoms with van der Waals surface area (Å²) in [7, 11) is 0. The maximum atomic E-state index is 10.9. The highest BCUT2D eigenvalue weighted by Crippen LogP contribution is 2.43. The molecule has 1 saturated carbocycles. The van der Waals surface area contributed by atoms with Crippen LogP contribution in [-0.2, 0) is 0 Å². The molecule has 0 amide bonds. The van der Waals surface area contributed by atoms with Gasteiger partial charge in [0.25, 0.3) is 0 Å². The third kappa shape index (κ3) is 2.75. The molecule has 1 aromatic carbocycles. The number of hydrogen-bond acceptors (Lipinski definition) is 5. The van der Waals surface area contributed by atoms with E-state index in [1.807, 2.05) is 36.7 Å². The van der Waals surface area contributed by atoms with Gasteiger partial charge in [-0.3, -0.25) is 0 Å². The van der Waals surface area contributed by atoms with Crippen LogP contribution in [0.25, 0.3) is 11.0 Å². The Kier molecular flexibility index (Phi) is 3.83. The second-order valence-electron chi connectivity index (χ2n) is 7.69. The van der Waals surface area contributed by atoms with E-state index in [2.05, 4.69) is 31.6 Å². The Morgan fingerprint density at radius 2 is 1.85 bits per heavy atom. The monoisotopic (exact) mass is 359 g/mol. The van der Waals surface area contributed by atoms with Crippen LogP contribution in [0.2, 0.25) is 0 Å². The van der Waals surface area contributed by atoms with Gasteiger partial charge in [0.15, 0.2) is 0 Å². The van der Waals surface area contributed by atoms with Gasteiger partial charge in [-0.15, -0.1) is 0 Å². The molecule has 27 heavy (non-hydrogen) atoms. The van der Waals surface area contributed by atoms with Crippen LogP contribution in [0.1, 0.15) is 24.4 Å². The smallest absolute Gasteiger partial charge is 0.128 e. The van der Waals surface area contributed by atoms with Gasteiger partial charge in [0.2, 0.25) is 0 Å². The Morgan fingerprint density at radius 1 is 1.04 bits per heavy atom. The summed E-state index contributed by atoms with van der Waals surface area (Å²) >= 11 is 0. The second-order valence-corrected chi connectivity index (χ2v) is 7.69. The molecule has 2 aliphatic rings. The second kappa shape index (κ2) is 6.36. The number of fused-ring (bicyclic) bond motifs is 2. The number of hydrogen-bond donors (Lipinski definition) is 1. The lowest BCUT2D eigenvalue weighted by Crippen LogP contribution is -2.36. The number of aromatic nitrogens is 3. The van der Waals surface area contributed by atoms with Crippen molar-refractivity contribution in [1.29, 1.82) is 5.26 Å². The number of nitrogens with zero attached hydrogens (tertiary/aromatic N) is 5. The number of nitriles is 1. The number of anilines is 1. The molecule has 0 radical (unpaired) electrons. The molecule has 1 aliphatic heterocycles. The molecule has 2 fully saturated rings. The van der Waals surface area contributed by atoms with Gasteiger partial charge in [0, 0.05) is 19.3 Å². The van der Waals surface area contributed by atoms with Gasteiger partial charge in [-0.25, -0.2) is 9.97 Å². The number of pyridine rings is 1. The highest BCUT2D eigenvalue weighted by atomic mass is 16.3. The highest BCUT2D eigenvalue weighted by molar-refractivity contribution is 5.75. The molecule has 4 atom stereocenters. The minimum absolute atomic E-state index is 0.0625. The van der Waals surface area contributed by atoms with E-state index >= 15 is 0 Å². The maximum absolute atomic E-state index is 10.9. The molecule has 6 heteroatoms. The molecule has 1 aliphatic carbocycles. The van der Waals surface area contributed by atoms with Crippen molar-refractivity contribution in [1.82, 2.24) is 14.5 Å². The van der Waals surface area contributed by atoms with E-state index in [-0.39, 0.29) is 12.1 Å². The minimum Gasteiger partial charge on any atom is -0.391 e. The van der Waals surface area contributed by atoms with E-state index in [1.165, 1.54) is 0 Å². The van der Waals surface area contributed by atoms with Crippen LogP contribution in [0.3, 0.4) is 0 Å². The van der Waals surface area contributed by atoms with E-state index in [1.54, 1.807) is 6.20 Å². The summed E-state index contributed by atoms with van der Waals surface area (Å²) in [5.74, 6) is 1.92. The zero-order valence-corrected chi connectivity index (χ0v) is 14.9. The molecule has 1 saturated heterocycles. The molecule has 1 N–H and O–H groups in total. The lowest BCUT2D eigenvalue weighted by molar-refractivity contribution is 0.0375. The molecule has 5 rings (SSSR count). The standard InChI is InChI=1S/C21H21N5O/c22-9-14-5-6-21(23-10-14)25-11-15-7-19(20(27)8-16(15)12-25)26-13-24-17-3-1-2-4-18(17)26/h1-6,10,13,15-16,19-20,27H,7-8,11-12H2/t15-,16+,19-,20-/m1/s1. The summed E-state index contributed by atoms with van der Waals surface area (Å²) in [5.41, 5.74) is 2.64. The van der Waals surface area contributed by atoms with Gasteiger partial charge in [-0.2, -0.15) is 5.26 Å². The average Bonchev–Trinajstić information content (AvgIpc) is 3.31. The van der Waals surface area contributed by atoms with Crippen LogP contribution >= 0.6 is 0 Å². The van der Waals surface area contributed by atoms with E-state index in [0.29, 0.717) is 17.4 Å². The van der Waals surface area contributed by atoms with Crippen LogP contribution in [0.5, 0.6) is 0 Å². The normalized spacial score (nSPS) is 27.5. The Morgan fingerprint density at radius 3 is 2.63 bits per heavy atom. The van der Waals surface area contributed by atoms with Crippen molar-refractivity contribution in [2.75, 3.05) is 18.0 Å². The minimum atomic E-state index is -0.363. The lowest BCUT2D eigenvalue weighted by atomic mass is 9.77. The Balaban J connectivity index is 1.38. The van der Waals surface area contributed by atoms with Crippen molar-refractivity contribution in [3.63, 3.8) is 0 Å². The topological polar surface area (TPSA) is 78.0 Å². The summed E-state index contributed by atoms with van der Waals surface area (Å²) in [6.07, 6.45) is 4.88. The summed E-state index contributed by atoms with van der Waals surface area (Å²) in [4.78, 5) is 11.2. The first kappa shape index (κ1) is 16.3. The first-order chi connectivity index (χ1) is 13.2. The van der Waals surface area contributed by atoms with Gasteiger partial charge >= 0.3 is 0 Å². The summed E-state index contributed by atoms with van der Waals surface area (Å²) in [5, 5.41) is 19.8. The first-order valence-corrected chi connectivity index (χ1v) is 9.43. The number of benzene rings is 1. The number of rotatable bonds is 2. The van der Waals surface area contributed by atoms with Crippen molar-refractivity contribution in [3.8, 4) is 6.07 Å². The molecule has 3 heterocycles. The summed E-state index contributed by atoms with van der Waals surface area (Å²) in [6, 6.07) is 14.0. The number of aliphatic hydroxyl groups excluding tert-OH is 1. The van der Waals surface area contributed by atoms with Crippen LogP contribution in [0, 0.1) is 23.2 Å². The predicted molar refractivity (Wildman–Crippen MR) is 102 cm³/mol. The number of para-hydroxylation sites is 2. The molecule has 6 nitrogen and oxygen atoms in total. The van der Waals surface area contributed by atoms with Crippen LogP contribution < -0.4 is 4.90 Å². The fourth-order valence-corrected chi connectivity index (χ4v) is 4.78. The third-order valence-electron chi connectivity index (χ3n) is 6.15. The largest absolute Gasteiger partial charge is 0.391 e. The number of aliphatic hydroxyl groups is 1. The molecule has 0 bridgehead atoms. The van der Waals surface area contributed by atoms with E-state index in [9.17, 15) is 5.11 Å². The van der Waals surface area contributed by atoms with Crippen molar-refractivity contribution in [2.24, 2.45) is 11.8 Å². The Bertz CT molecular complexity index is 1010. The van der Waals surface area contributed by atoms with Crippen LogP contribution in [-0.4, -0.2) is 38.8 Å². The van der Waals surface area contributed by atoms with E-state index in [0.717, 1.165) is 42.8 Å². The maximum Gasteiger partial charge on any atom is 0.128 e. The Labute approximate surface area is 157 Å². The van der Waals surface area contributed by atoms with Gasteiger partial charge in [-0.05, 0) is 48.9 Å². The van der Waals surface area contributed by atoms with Gasteiger partial charge in [0.1, 0.15) is 11.9 Å². The average molecular weight is 359 g/mol.